The summed E-state index contributed by atoms with van der Waals surface area (Å²) in [5.74, 6) is -1.11. The number of nitrogens with zero attached hydrogens (tertiary/aromatic N) is 2. The minimum Gasteiger partial charge on any atom is -0.398 e. The van der Waals surface area contributed by atoms with Gasteiger partial charge in [-0.2, -0.15) is 0 Å². The summed E-state index contributed by atoms with van der Waals surface area (Å²) in [6.07, 6.45) is -1.74. The van der Waals surface area contributed by atoms with Crippen LogP contribution in [0, 0.1) is 0 Å². The summed E-state index contributed by atoms with van der Waals surface area (Å²) >= 11 is 0. The SMILES string of the molecule is CN(C)c1cc(N)c(C2C(O)C(c3c(N)cc(N(C)C)c4cc5ccccc5cc34)C2O)c2cc3ccccc3cc12. The van der Waals surface area contributed by atoms with Gasteiger partial charge in [-0.15, -0.1) is 0 Å². The van der Waals surface area contributed by atoms with Gasteiger partial charge in [-0.25, -0.2) is 0 Å². The first kappa shape index (κ1) is 26.4. The quantitative estimate of drug-likeness (QED) is 0.152. The van der Waals surface area contributed by atoms with Gasteiger partial charge in [0.15, 0.2) is 0 Å². The fourth-order valence-electron chi connectivity index (χ4n) is 7.14. The molecule has 6 nitrogen and oxygen atoms in total. The fourth-order valence-corrected chi connectivity index (χ4v) is 7.14. The van der Waals surface area contributed by atoms with Crippen LogP contribution >= 0.6 is 0 Å². The average Bonchev–Trinajstić information content (AvgIpc) is 2.97. The minimum absolute atomic E-state index is 0.557. The Hall–Kier alpha value is -4.52. The minimum atomic E-state index is -0.871. The lowest BCUT2D eigenvalue weighted by Gasteiger charge is -2.48. The molecule has 6 aromatic carbocycles. The molecule has 1 aliphatic rings. The molecular weight excluding hydrogens is 520 g/mol. The number of fused-ring (bicyclic) bond motifs is 4. The standard InChI is InChI=1S/C36H36N4O2/c1-39(2)29-17-27(37)31(25-15-21-11-7-5-9-19(21)13-23(25)29)33-35(41)34(36(33)42)32-26-16-22-12-8-6-10-20(22)14-24(26)30(40(3)4)18-28(32)38/h5-18,33-36,41-42H,37-38H2,1-4H3. The Morgan fingerprint density at radius 3 is 1.12 bits per heavy atom. The molecular formula is C36H36N4O2. The van der Waals surface area contributed by atoms with Crippen molar-refractivity contribution in [2.75, 3.05) is 49.5 Å². The summed E-state index contributed by atoms with van der Waals surface area (Å²) in [7, 11) is 8.00. The number of nitrogen functional groups attached to an aromatic ring is 2. The largest absolute Gasteiger partial charge is 0.398 e. The van der Waals surface area contributed by atoms with Crippen LogP contribution in [-0.2, 0) is 0 Å². The Bertz CT molecular complexity index is 1880. The molecule has 0 radical (unpaired) electrons. The third-order valence-electron chi connectivity index (χ3n) is 9.21. The zero-order chi connectivity index (χ0) is 29.4. The van der Waals surface area contributed by atoms with E-state index in [2.05, 4.69) is 58.3 Å². The van der Waals surface area contributed by atoms with Gasteiger partial charge in [0, 0.05) is 73.5 Å². The molecule has 0 heterocycles. The number of rotatable bonds is 4. The summed E-state index contributed by atoms with van der Waals surface area (Å²) in [5, 5.41) is 32.2. The van der Waals surface area contributed by atoms with E-state index in [0.717, 1.165) is 65.6 Å². The highest BCUT2D eigenvalue weighted by molar-refractivity contribution is 6.09. The van der Waals surface area contributed by atoms with E-state index in [1.54, 1.807) is 0 Å². The maximum absolute atomic E-state index is 11.9. The highest BCUT2D eigenvalue weighted by Crippen LogP contribution is 2.55. The van der Waals surface area contributed by atoms with Crippen LogP contribution in [0.15, 0.2) is 84.9 Å². The Morgan fingerprint density at radius 1 is 0.500 bits per heavy atom. The molecule has 1 saturated carbocycles. The average molecular weight is 557 g/mol. The van der Waals surface area contributed by atoms with Crippen LogP contribution in [-0.4, -0.2) is 50.6 Å². The van der Waals surface area contributed by atoms with Crippen molar-refractivity contribution in [2.24, 2.45) is 0 Å². The number of hydrogen-bond donors (Lipinski definition) is 4. The maximum Gasteiger partial charge on any atom is 0.0729 e. The molecule has 7 rings (SSSR count). The van der Waals surface area contributed by atoms with Crippen molar-refractivity contribution in [3.05, 3.63) is 96.1 Å². The predicted molar refractivity (Wildman–Crippen MR) is 178 cm³/mol. The van der Waals surface area contributed by atoms with Crippen LogP contribution in [0.1, 0.15) is 23.0 Å². The number of anilines is 4. The highest BCUT2D eigenvalue weighted by Gasteiger charge is 2.52. The molecule has 0 amide bonds. The smallest absolute Gasteiger partial charge is 0.0729 e. The number of hydrogen-bond acceptors (Lipinski definition) is 6. The van der Waals surface area contributed by atoms with Gasteiger partial charge in [0.1, 0.15) is 0 Å². The first-order valence-electron chi connectivity index (χ1n) is 14.4. The zero-order valence-corrected chi connectivity index (χ0v) is 24.3. The molecule has 0 aromatic heterocycles. The molecule has 0 unspecified atom stereocenters. The molecule has 6 heteroatoms. The number of benzene rings is 6. The topological polar surface area (TPSA) is 99.0 Å². The van der Waals surface area contributed by atoms with Crippen molar-refractivity contribution >= 4 is 65.8 Å². The van der Waals surface area contributed by atoms with Gasteiger partial charge in [0.2, 0.25) is 0 Å². The normalized spacial score (nSPS) is 20.3. The molecule has 42 heavy (non-hydrogen) atoms. The van der Waals surface area contributed by atoms with E-state index in [1.807, 2.05) is 64.6 Å². The Labute approximate surface area is 245 Å². The van der Waals surface area contributed by atoms with Crippen molar-refractivity contribution in [1.29, 1.82) is 0 Å². The second-order valence-corrected chi connectivity index (χ2v) is 12.1. The predicted octanol–water partition coefficient (Wildman–Crippen LogP) is 6.20. The second-order valence-electron chi connectivity index (χ2n) is 12.1. The van der Waals surface area contributed by atoms with Crippen LogP contribution in [0.25, 0.3) is 43.1 Å². The highest BCUT2D eigenvalue weighted by atomic mass is 16.3. The molecule has 1 aliphatic carbocycles. The van der Waals surface area contributed by atoms with E-state index in [1.165, 1.54) is 0 Å². The Kier molecular flexibility index (Phi) is 5.98. The van der Waals surface area contributed by atoms with Crippen LogP contribution in [0.2, 0.25) is 0 Å². The van der Waals surface area contributed by atoms with E-state index in [9.17, 15) is 10.2 Å². The van der Waals surface area contributed by atoms with E-state index in [0.29, 0.717) is 11.4 Å². The van der Waals surface area contributed by atoms with Gasteiger partial charge in [0.05, 0.1) is 12.2 Å². The van der Waals surface area contributed by atoms with E-state index in [-0.39, 0.29) is 0 Å². The van der Waals surface area contributed by atoms with Crippen LogP contribution < -0.4 is 21.3 Å². The van der Waals surface area contributed by atoms with Crippen molar-refractivity contribution in [3.8, 4) is 0 Å². The van der Waals surface area contributed by atoms with Crippen LogP contribution in [0.4, 0.5) is 22.7 Å². The summed E-state index contributed by atoms with van der Waals surface area (Å²) in [4.78, 5) is 4.11. The van der Waals surface area contributed by atoms with Crippen LogP contribution in [0.5, 0.6) is 0 Å². The monoisotopic (exact) mass is 556 g/mol. The van der Waals surface area contributed by atoms with Gasteiger partial charge in [-0.05, 0) is 79.8 Å². The van der Waals surface area contributed by atoms with Gasteiger partial charge in [0.25, 0.3) is 0 Å². The van der Waals surface area contributed by atoms with E-state index in [4.69, 9.17) is 11.5 Å². The second kappa shape index (κ2) is 9.51. The van der Waals surface area contributed by atoms with E-state index < -0.39 is 24.0 Å². The lowest BCUT2D eigenvalue weighted by Crippen LogP contribution is -2.52. The molecule has 0 spiro atoms. The van der Waals surface area contributed by atoms with Gasteiger partial charge in [-0.1, -0.05) is 48.5 Å². The zero-order valence-electron chi connectivity index (χ0n) is 24.3. The fraction of sp³-hybridized carbons (Fsp3) is 0.222. The molecule has 1 fully saturated rings. The molecule has 6 N–H and O–H groups in total. The molecule has 0 aliphatic heterocycles. The summed E-state index contributed by atoms with van der Waals surface area (Å²) in [6.45, 7) is 0. The van der Waals surface area contributed by atoms with E-state index >= 15 is 0 Å². The summed E-state index contributed by atoms with van der Waals surface area (Å²) in [5.41, 5.74) is 18.2. The van der Waals surface area contributed by atoms with Gasteiger partial charge in [-0.3, -0.25) is 0 Å². The molecule has 6 aromatic rings. The third kappa shape index (κ3) is 3.79. The first-order valence-corrected chi connectivity index (χ1v) is 14.4. The number of aliphatic hydroxyl groups excluding tert-OH is 2. The van der Waals surface area contributed by atoms with Crippen molar-refractivity contribution in [1.82, 2.24) is 0 Å². The Balaban J connectivity index is 1.42. The van der Waals surface area contributed by atoms with Gasteiger partial charge >= 0.3 is 0 Å². The maximum atomic E-state index is 11.9. The van der Waals surface area contributed by atoms with Gasteiger partial charge < -0.3 is 31.5 Å². The van der Waals surface area contributed by atoms with Crippen molar-refractivity contribution in [2.45, 2.75) is 24.0 Å². The summed E-state index contributed by atoms with van der Waals surface area (Å²) in [6, 6.07) is 29.0. The lowest BCUT2D eigenvalue weighted by molar-refractivity contribution is -0.0770. The molecule has 212 valence electrons. The van der Waals surface area contributed by atoms with Crippen molar-refractivity contribution in [3.63, 3.8) is 0 Å². The number of nitrogens with two attached hydrogens (primary N) is 2. The third-order valence-corrected chi connectivity index (χ3v) is 9.21. The summed E-state index contributed by atoms with van der Waals surface area (Å²) < 4.78 is 0. The molecule has 0 atom stereocenters. The lowest BCUT2D eigenvalue weighted by atomic mass is 9.61. The molecule has 0 saturated heterocycles. The van der Waals surface area contributed by atoms with Crippen molar-refractivity contribution < 1.29 is 10.2 Å². The van der Waals surface area contributed by atoms with Crippen LogP contribution in [0.3, 0.4) is 0 Å². The number of aliphatic hydroxyl groups is 2. The Morgan fingerprint density at radius 2 is 0.810 bits per heavy atom. The molecule has 0 bridgehead atoms. The first-order chi connectivity index (χ1) is 20.2.